The number of hydrogen-bond donors (Lipinski definition) is 1. The molecule has 0 bridgehead atoms. The number of amides is 2. The van der Waals surface area contributed by atoms with Crippen LogP contribution in [0.15, 0.2) is 42.5 Å². The zero-order valence-corrected chi connectivity index (χ0v) is 19.4. The average Bonchev–Trinajstić information content (AvgIpc) is 2.75. The molecule has 0 saturated carbocycles. The van der Waals surface area contributed by atoms with E-state index in [-0.39, 0.29) is 11.8 Å². The van der Waals surface area contributed by atoms with Gasteiger partial charge in [0.1, 0.15) is 6.04 Å². The summed E-state index contributed by atoms with van der Waals surface area (Å²) in [5.41, 5.74) is 3.22. The highest BCUT2D eigenvalue weighted by Gasteiger charge is 2.28. The van der Waals surface area contributed by atoms with Crippen LogP contribution < -0.4 is 5.32 Å². The molecule has 0 heterocycles. The quantitative estimate of drug-likeness (QED) is 0.526. The normalized spacial score (nSPS) is 11.8. The van der Waals surface area contributed by atoms with E-state index in [4.69, 9.17) is 23.2 Å². The predicted octanol–water partition coefficient (Wildman–Crippen LogP) is 5.43. The smallest absolute Gasteiger partial charge is 0.242 e. The van der Waals surface area contributed by atoms with E-state index in [1.807, 2.05) is 19.9 Å². The number of rotatable bonds is 10. The highest BCUT2D eigenvalue weighted by molar-refractivity contribution is 6.42. The lowest BCUT2D eigenvalue weighted by Gasteiger charge is -2.30. The van der Waals surface area contributed by atoms with Crippen molar-refractivity contribution in [2.45, 2.75) is 59.0 Å². The van der Waals surface area contributed by atoms with Gasteiger partial charge in [-0.25, -0.2) is 0 Å². The molecule has 0 aliphatic carbocycles. The average molecular weight is 449 g/mol. The Kier molecular flexibility index (Phi) is 9.67. The van der Waals surface area contributed by atoms with E-state index in [1.165, 1.54) is 5.56 Å². The van der Waals surface area contributed by atoms with Crippen molar-refractivity contribution in [3.05, 3.63) is 69.2 Å². The van der Waals surface area contributed by atoms with E-state index in [9.17, 15) is 9.59 Å². The molecule has 162 valence electrons. The summed E-state index contributed by atoms with van der Waals surface area (Å²) in [6.45, 7) is 6.73. The Morgan fingerprint density at radius 2 is 1.57 bits per heavy atom. The molecule has 2 amide bonds. The van der Waals surface area contributed by atoms with Crippen molar-refractivity contribution in [1.82, 2.24) is 10.2 Å². The minimum Gasteiger partial charge on any atom is -0.355 e. The van der Waals surface area contributed by atoms with Crippen LogP contribution in [0.2, 0.25) is 10.0 Å². The molecule has 1 N–H and O–H groups in total. The number of aryl methyl sites for hydroxylation is 2. The van der Waals surface area contributed by atoms with Crippen LogP contribution in [0.1, 0.15) is 50.3 Å². The molecule has 1 atom stereocenters. The molecule has 0 radical (unpaired) electrons. The van der Waals surface area contributed by atoms with Gasteiger partial charge in [0, 0.05) is 19.5 Å². The van der Waals surface area contributed by atoms with Gasteiger partial charge in [0.25, 0.3) is 0 Å². The van der Waals surface area contributed by atoms with Gasteiger partial charge < -0.3 is 10.2 Å². The molecule has 2 rings (SSSR count). The Morgan fingerprint density at radius 3 is 2.13 bits per heavy atom. The molecule has 0 aliphatic heterocycles. The predicted molar refractivity (Wildman–Crippen MR) is 124 cm³/mol. The number of nitrogens with zero attached hydrogens (tertiary/aromatic N) is 1. The fourth-order valence-electron chi connectivity index (χ4n) is 3.38. The molecule has 2 aromatic carbocycles. The van der Waals surface area contributed by atoms with E-state index >= 15 is 0 Å². The van der Waals surface area contributed by atoms with E-state index in [2.05, 4.69) is 36.5 Å². The lowest BCUT2D eigenvalue weighted by atomic mass is 10.0. The summed E-state index contributed by atoms with van der Waals surface area (Å²) in [6.07, 6.45) is 2.49. The Hall–Kier alpha value is -2.04. The third kappa shape index (κ3) is 6.75. The first-order valence-electron chi connectivity index (χ1n) is 10.5. The van der Waals surface area contributed by atoms with Gasteiger partial charge in [0.15, 0.2) is 0 Å². The first kappa shape index (κ1) is 24.2. The maximum Gasteiger partial charge on any atom is 0.242 e. The zero-order chi connectivity index (χ0) is 22.1. The van der Waals surface area contributed by atoms with Gasteiger partial charge in [-0.2, -0.15) is 0 Å². The van der Waals surface area contributed by atoms with Crippen LogP contribution in [0.3, 0.4) is 0 Å². The van der Waals surface area contributed by atoms with Crippen molar-refractivity contribution in [2.24, 2.45) is 0 Å². The first-order chi connectivity index (χ1) is 14.4. The van der Waals surface area contributed by atoms with Crippen molar-refractivity contribution < 1.29 is 9.59 Å². The van der Waals surface area contributed by atoms with E-state index in [0.29, 0.717) is 42.4 Å². The van der Waals surface area contributed by atoms with Gasteiger partial charge in [0.2, 0.25) is 11.8 Å². The molecule has 6 heteroatoms. The molecule has 4 nitrogen and oxygen atoms in total. The molecule has 0 aromatic heterocycles. The van der Waals surface area contributed by atoms with E-state index in [0.717, 1.165) is 17.5 Å². The fourth-order valence-corrected chi connectivity index (χ4v) is 3.70. The molecule has 0 unspecified atom stereocenters. The third-order valence-corrected chi connectivity index (χ3v) is 5.87. The minimum absolute atomic E-state index is 0.0567. The van der Waals surface area contributed by atoms with E-state index < -0.39 is 6.04 Å². The second-order valence-corrected chi connectivity index (χ2v) is 8.07. The van der Waals surface area contributed by atoms with Crippen molar-refractivity contribution in [3.8, 4) is 0 Å². The summed E-state index contributed by atoms with van der Waals surface area (Å²) in [6, 6.07) is 13.1. The molecule has 0 aliphatic rings. The number of likely N-dealkylation sites (N-methyl/N-ethyl adjacent to an activating group) is 1. The second kappa shape index (κ2) is 12.0. The maximum absolute atomic E-state index is 13.2. The number of nitrogens with one attached hydrogen (secondary N) is 1. The van der Waals surface area contributed by atoms with E-state index in [1.54, 1.807) is 17.0 Å². The summed E-state index contributed by atoms with van der Waals surface area (Å²) in [4.78, 5) is 27.5. The lowest BCUT2D eigenvalue weighted by Crippen LogP contribution is -2.49. The van der Waals surface area contributed by atoms with Gasteiger partial charge in [0.05, 0.1) is 10.0 Å². The maximum atomic E-state index is 13.2. The van der Waals surface area contributed by atoms with Crippen molar-refractivity contribution in [1.29, 1.82) is 0 Å². The first-order valence-corrected chi connectivity index (χ1v) is 11.2. The highest BCUT2D eigenvalue weighted by Crippen LogP contribution is 2.24. The molecule has 0 fully saturated rings. The summed E-state index contributed by atoms with van der Waals surface area (Å²) in [5.74, 6) is -0.195. The largest absolute Gasteiger partial charge is 0.355 e. The molecule has 0 saturated heterocycles. The fraction of sp³-hybridized carbons (Fsp3) is 0.417. The Labute approximate surface area is 189 Å². The van der Waals surface area contributed by atoms with Gasteiger partial charge in [-0.05, 0) is 55.0 Å². The Balaban J connectivity index is 2.19. The highest BCUT2D eigenvalue weighted by atomic mass is 35.5. The second-order valence-electron chi connectivity index (χ2n) is 7.26. The summed E-state index contributed by atoms with van der Waals surface area (Å²) in [5, 5.41) is 3.74. The molecular weight excluding hydrogens is 419 g/mol. The van der Waals surface area contributed by atoms with Gasteiger partial charge in [-0.3, -0.25) is 9.59 Å². The van der Waals surface area contributed by atoms with Crippen LogP contribution in [-0.4, -0.2) is 29.3 Å². The van der Waals surface area contributed by atoms with Crippen LogP contribution in [0.5, 0.6) is 0 Å². The Morgan fingerprint density at radius 1 is 0.933 bits per heavy atom. The Bertz CT molecular complexity index is 853. The molecular formula is C24H30Cl2N2O2. The van der Waals surface area contributed by atoms with Gasteiger partial charge in [-0.15, -0.1) is 0 Å². The number of carbonyl (C=O) groups excluding carboxylic acids is 2. The monoisotopic (exact) mass is 448 g/mol. The molecule has 0 spiro atoms. The number of hydrogen-bond acceptors (Lipinski definition) is 2. The summed E-state index contributed by atoms with van der Waals surface area (Å²) < 4.78 is 0. The molecule has 2 aromatic rings. The number of halogens is 2. The van der Waals surface area contributed by atoms with Crippen LogP contribution in [0.25, 0.3) is 0 Å². The van der Waals surface area contributed by atoms with Crippen molar-refractivity contribution in [3.63, 3.8) is 0 Å². The lowest BCUT2D eigenvalue weighted by molar-refractivity contribution is -0.141. The van der Waals surface area contributed by atoms with Gasteiger partial charge >= 0.3 is 0 Å². The third-order valence-electron chi connectivity index (χ3n) is 5.13. The molecule has 30 heavy (non-hydrogen) atoms. The SMILES string of the molecule is CCNC(=O)[C@H](CC)N(Cc1ccc(Cl)c(Cl)c1)C(=O)CCc1ccc(CC)cc1. The van der Waals surface area contributed by atoms with Crippen LogP contribution in [0.4, 0.5) is 0 Å². The number of benzene rings is 2. The zero-order valence-electron chi connectivity index (χ0n) is 17.9. The van der Waals surface area contributed by atoms with Crippen LogP contribution in [-0.2, 0) is 29.0 Å². The minimum atomic E-state index is -0.533. The van der Waals surface area contributed by atoms with Crippen LogP contribution in [0, 0.1) is 0 Å². The van der Waals surface area contributed by atoms with Crippen molar-refractivity contribution in [2.75, 3.05) is 6.54 Å². The topological polar surface area (TPSA) is 49.4 Å². The summed E-state index contributed by atoms with van der Waals surface area (Å²) >= 11 is 12.2. The standard InChI is InChI=1S/C24H30Cl2N2O2/c1-4-17-7-9-18(10-8-17)12-14-23(29)28(22(5-2)24(30)27-6-3)16-19-11-13-20(25)21(26)15-19/h7-11,13,15,22H,4-6,12,14,16H2,1-3H3,(H,27,30)/t22-/m0/s1. The van der Waals surface area contributed by atoms with Crippen LogP contribution >= 0.6 is 23.2 Å². The number of carbonyl (C=O) groups is 2. The van der Waals surface area contributed by atoms with Crippen molar-refractivity contribution >= 4 is 35.0 Å². The summed E-state index contributed by atoms with van der Waals surface area (Å²) in [7, 11) is 0. The van der Waals surface area contributed by atoms with Gasteiger partial charge in [-0.1, -0.05) is 67.4 Å².